The van der Waals surface area contributed by atoms with Gasteiger partial charge in [0.1, 0.15) is 5.75 Å². The fraction of sp³-hybridized carbons (Fsp3) is 0.357. The standard InChI is InChI=1S/C28H30F4O2/c1-3-5-19-33-25-16-13-23(26(29)27(25)30)17-18-28(31,32)34-24-14-11-22(12-15-24)21-9-7-20(6-4-2)8-10-21/h7-16H,3-6,17-19H2,1-2H3. The van der Waals surface area contributed by atoms with Crippen LogP contribution in [0.4, 0.5) is 17.6 Å². The summed E-state index contributed by atoms with van der Waals surface area (Å²) in [6, 6.07) is 17.1. The molecule has 0 heterocycles. The minimum Gasteiger partial charge on any atom is -0.490 e. The van der Waals surface area contributed by atoms with Crippen molar-refractivity contribution in [2.75, 3.05) is 6.61 Å². The first-order chi connectivity index (χ1) is 16.3. The number of unbranched alkanes of at least 4 members (excludes halogenated alkanes) is 1. The van der Waals surface area contributed by atoms with Gasteiger partial charge in [0.15, 0.2) is 11.6 Å². The maximum atomic E-state index is 14.4. The predicted molar refractivity (Wildman–Crippen MR) is 127 cm³/mol. The Hall–Kier alpha value is -3.02. The fourth-order valence-electron chi connectivity index (χ4n) is 3.57. The van der Waals surface area contributed by atoms with Crippen LogP contribution in [-0.4, -0.2) is 12.7 Å². The van der Waals surface area contributed by atoms with E-state index in [1.807, 2.05) is 19.1 Å². The first kappa shape index (κ1) is 25.6. The first-order valence-electron chi connectivity index (χ1n) is 11.7. The van der Waals surface area contributed by atoms with Crippen LogP contribution in [0.1, 0.15) is 50.7 Å². The lowest BCUT2D eigenvalue weighted by atomic mass is 10.0. The number of aryl methyl sites for hydroxylation is 2. The number of rotatable bonds is 12. The zero-order valence-electron chi connectivity index (χ0n) is 19.6. The van der Waals surface area contributed by atoms with Gasteiger partial charge >= 0.3 is 6.11 Å². The van der Waals surface area contributed by atoms with Crippen LogP contribution < -0.4 is 9.47 Å². The Bertz CT molecular complexity index is 1050. The summed E-state index contributed by atoms with van der Waals surface area (Å²) in [6.07, 6.45) is -1.07. The molecule has 0 aliphatic heterocycles. The zero-order chi connectivity index (χ0) is 24.6. The van der Waals surface area contributed by atoms with Crippen LogP contribution in [0.5, 0.6) is 11.5 Å². The molecule has 0 amide bonds. The monoisotopic (exact) mass is 474 g/mol. The van der Waals surface area contributed by atoms with E-state index in [9.17, 15) is 17.6 Å². The lowest BCUT2D eigenvalue weighted by Crippen LogP contribution is -2.25. The molecule has 0 fully saturated rings. The zero-order valence-corrected chi connectivity index (χ0v) is 19.6. The van der Waals surface area contributed by atoms with Gasteiger partial charge in [-0.15, -0.1) is 0 Å². The molecule has 3 aromatic rings. The highest BCUT2D eigenvalue weighted by atomic mass is 19.3. The largest absolute Gasteiger partial charge is 0.490 e. The van der Waals surface area contributed by atoms with Crippen LogP contribution >= 0.6 is 0 Å². The molecule has 182 valence electrons. The first-order valence-corrected chi connectivity index (χ1v) is 11.7. The maximum absolute atomic E-state index is 14.4. The van der Waals surface area contributed by atoms with Crippen LogP contribution in [0.25, 0.3) is 11.1 Å². The van der Waals surface area contributed by atoms with Gasteiger partial charge in [0.25, 0.3) is 0 Å². The summed E-state index contributed by atoms with van der Waals surface area (Å²) < 4.78 is 67.3. The SMILES string of the molecule is CCCCOc1ccc(CCC(F)(F)Oc2ccc(-c3ccc(CCC)cc3)cc2)c(F)c1F. The van der Waals surface area contributed by atoms with Gasteiger partial charge in [-0.25, -0.2) is 4.39 Å². The van der Waals surface area contributed by atoms with Crippen molar-refractivity contribution in [1.82, 2.24) is 0 Å². The lowest BCUT2D eigenvalue weighted by Gasteiger charge is -2.19. The molecule has 0 spiro atoms. The summed E-state index contributed by atoms with van der Waals surface area (Å²) in [5.74, 6) is -2.53. The second-order valence-electron chi connectivity index (χ2n) is 8.26. The van der Waals surface area contributed by atoms with Gasteiger partial charge in [-0.1, -0.05) is 69.2 Å². The minimum atomic E-state index is -3.54. The number of halogens is 4. The fourth-order valence-corrected chi connectivity index (χ4v) is 3.57. The summed E-state index contributed by atoms with van der Waals surface area (Å²) in [5, 5.41) is 0. The average Bonchev–Trinajstić information content (AvgIpc) is 2.82. The van der Waals surface area contributed by atoms with E-state index in [4.69, 9.17) is 9.47 Å². The van der Waals surface area contributed by atoms with Crippen molar-refractivity contribution in [3.8, 4) is 22.6 Å². The highest BCUT2D eigenvalue weighted by molar-refractivity contribution is 5.64. The molecule has 34 heavy (non-hydrogen) atoms. The number of benzene rings is 3. The van der Waals surface area contributed by atoms with Gasteiger partial charge in [-0.3, -0.25) is 0 Å². The van der Waals surface area contributed by atoms with Crippen molar-refractivity contribution < 1.29 is 27.0 Å². The Balaban J connectivity index is 1.59. The van der Waals surface area contributed by atoms with Gasteiger partial charge in [0.2, 0.25) is 5.82 Å². The van der Waals surface area contributed by atoms with E-state index in [2.05, 4.69) is 19.1 Å². The second kappa shape index (κ2) is 11.9. The number of hydrogen-bond donors (Lipinski definition) is 0. The van der Waals surface area contributed by atoms with Gasteiger partial charge in [-0.2, -0.15) is 13.2 Å². The smallest absolute Gasteiger partial charge is 0.398 e. The molecular weight excluding hydrogens is 444 g/mol. The molecule has 3 aromatic carbocycles. The summed E-state index contributed by atoms with van der Waals surface area (Å²) in [5.41, 5.74) is 2.97. The van der Waals surface area contributed by atoms with E-state index in [-0.39, 0.29) is 30.1 Å². The van der Waals surface area contributed by atoms with Crippen LogP contribution in [0.2, 0.25) is 0 Å². The third-order valence-electron chi connectivity index (χ3n) is 5.52. The Morgan fingerprint density at radius 3 is 2.00 bits per heavy atom. The number of ether oxygens (including phenoxy) is 2. The van der Waals surface area contributed by atoms with Crippen molar-refractivity contribution >= 4 is 0 Å². The highest BCUT2D eigenvalue weighted by Gasteiger charge is 2.32. The molecule has 6 heteroatoms. The van der Waals surface area contributed by atoms with Crippen LogP contribution in [0.15, 0.2) is 60.7 Å². The van der Waals surface area contributed by atoms with Gasteiger partial charge in [0, 0.05) is 0 Å². The normalized spacial score (nSPS) is 11.5. The molecule has 0 saturated carbocycles. The van der Waals surface area contributed by atoms with E-state index >= 15 is 0 Å². The lowest BCUT2D eigenvalue weighted by molar-refractivity contribution is -0.180. The third kappa shape index (κ3) is 6.99. The van der Waals surface area contributed by atoms with Crippen molar-refractivity contribution in [2.24, 2.45) is 0 Å². The molecule has 0 aromatic heterocycles. The third-order valence-corrected chi connectivity index (χ3v) is 5.52. The molecule has 0 saturated heterocycles. The van der Waals surface area contributed by atoms with Crippen LogP contribution in [0, 0.1) is 11.6 Å². The van der Waals surface area contributed by atoms with Gasteiger partial charge in [0.05, 0.1) is 13.0 Å². The summed E-state index contributed by atoms with van der Waals surface area (Å²) in [7, 11) is 0. The molecule has 0 N–H and O–H groups in total. The van der Waals surface area contributed by atoms with E-state index in [0.717, 1.165) is 30.4 Å². The van der Waals surface area contributed by atoms with E-state index in [0.29, 0.717) is 6.42 Å². The van der Waals surface area contributed by atoms with E-state index in [1.54, 1.807) is 12.1 Å². The minimum absolute atomic E-state index is 0.00248. The van der Waals surface area contributed by atoms with Crippen LogP contribution in [0.3, 0.4) is 0 Å². The van der Waals surface area contributed by atoms with Gasteiger partial charge in [-0.05, 0) is 59.7 Å². The maximum Gasteiger partial charge on any atom is 0.398 e. The number of hydrogen-bond acceptors (Lipinski definition) is 2. The quantitative estimate of drug-likeness (QED) is 0.194. The molecule has 2 nitrogen and oxygen atoms in total. The Morgan fingerprint density at radius 2 is 1.38 bits per heavy atom. The summed E-state index contributed by atoms with van der Waals surface area (Å²) in [4.78, 5) is 0. The van der Waals surface area contributed by atoms with E-state index in [1.165, 1.54) is 29.8 Å². The predicted octanol–water partition coefficient (Wildman–Crippen LogP) is 8.37. The number of alkyl halides is 2. The Morgan fingerprint density at radius 1 is 0.735 bits per heavy atom. The van der Waals surface area contributed by atoms with Crippen LogP contribution in [-0.2, 0) is 12.8 Å². The average molecular weight is 475 g/mol. The van der Waals surface area contributed by atoms with Crippen molar-refractivity contribution in [3.05, 3.63) is 83.4 Å². The summed E-state index contributed by atoms with van der Waals surface area (Å²) in [6.45, 7) is 4.34. The van der Waals surface area contributed by atoms with Gasteiger partial charge < -0.3 is 9.47 Å². The topological polar surface area (TPSA) is 18.5 Å². The molecule has 0 unspecified atom stereocenters. The van der Waals surface area contributed by atoms with E-state index < -0.39 is 24.2 Å². The Labute approximate surface area is 198 Å². The van der Waals surface area contributed by atoms with Crippen molar-refractivity contribution in [2.45, 2.75) is 58.5 Å². The second-order valence-corrected chi connectivity index (χ2v) is 8.26. The molecule has 0 radical (unpaired) electrons. The Kier molecular flexibility index (Phi) is 8.97. The summed E-state index contributed by atoms with van der Waals surface area (Å²) >= 11 is 0. The van der Waals surface area contributed by atoms with Crippen molar-refractivity contribution in [1.29, 1.82) is 0 Å². The molecular formula is C28H30F4O2. The molecule has 3 rings (SSSR count). The molecule has 0 bridgehead atoms. The molecule has 0 aliphatic rings. The molecule has 0 aliphatic carbocycles. The van der Waals surface area contributed by atoms with Crippen molar-refractivity contribution in [3.63, 3.8) is 0 Å². The molecule has 0 atom stereocenters. The highest BCUT2D eigenvalue weighted by Crippen LogP contribution is 2.30.